The molecule has 29 heavy (non-hydrogen) atoms. The molecule has 1 atom stereocenters. The maximum absolute atomic E-state index is 12.6. The van der Waals surface area contributed by atoms with Gasteiger partial charge in [-0.1, -0.05) is 12.1 Å². The lowest BCUT2D eigenvalue weighted by molar-refractivity contribution is -0.130. The lowest BCUT2D eigenvalue weighted by atomic mass is 9.96. The number of carboxylic acids is 1. The molecule has 7 nitrogen and oxygen atoms in total. The first-order valence-corrected chi connectivity index (χ1v) is 9.85. The Morgan fingerprint density at radius 1 is 1.17 bits per heavy atom. The second kappa shape index (κ2) is 11.0. The minimum absolute atomic E-state index is 0. The summed E-state index contributed by atoms with van der Waals surface area (Å²) in [6.45, 7) is 3.02. The summed E-state index contributed by atoms with van der Waals surface area (Å²) >= 11 is 0. The van der Waals surface area contributed by atoms with Crippen molar-refractivity contribution in [2.45, 2.75) is 25.7 Å². The number of carbonyl (C=O) groups is 3. The van der Waals surface area contributed by atoms with Crippen LogP contribution in [-0.2, 0) is 9.59 Å². The number of piperidine rings is 2. The van der Waals surface area contributed by atoms with E-state index < -0.39 is 5.97 Å². The fraction of sp³-hybridized carbons (Fsp3) is 0.476. The van der Waals surface area contributed by atoms with Crippen molar-refractivity contribution in [3.63, 3.8) is 0 Å². The van der Waals surface area contributed by atoms with Crippen molar-refractivity contribution in [1.29, 1.82) is 0 Å². The highest BCUT2D eigenvalue weighted by atomic mass is 35.5. The second-order valence-corrected chi connectivity index (χ2v) is 7.45. The number of anilines is 1. The molecule has 0 radical (unpaired) electrons. The third-order valence-corrected chi connectivity index (χ3v) is 5.38. The zero-order valence-corrected chi connectivity index (χ0v) is 17.1. The van der Waals surface area contributed by atoms with Crippen molar-refractivity contribution in [3.05, 3.63) is 42.0 Å². The third-order valence-electron chi connectivity index (χ3n) is 5.38. The smallest absolute Gasteiger partial charge is 0.335 e. The highest BCUT2D eigenvalue weighted by Crippen LogP contribution is 2.20. The van der Waals surface area contributed by atoms with Crippen molar-refractivity contribution in [2.24, 2.45) is 11.8 Å². The Morgan fingerprint density at radius 2 is 1.93 bits per heavy atom. The summed E-state index contributed by atoms with van der Waals surface area (Å²) in [5.74, 6) is -1.11. The van der Waals surface area contributed by atoms with E-state index in [4.69, 9.17) is 5.11 Å². The van der Waals surface area contributed by atoms with Gasteiger partial charge in [0.05, 0.1) is 11.5 Å². The molecule has 2 heterocycles. The summed E-state index contributed by atoms with van der Waals surface area (Å²) in [6.07, 6.45) is 7.25. The summed E-state index contributed by atoms with van der Waals surface area (Å²) in [5.41, 5.74) is 0.584. The molecule has 0 aromatic heterocycles. The molecule has 8 heteroatoms. The monoisotopic (exact) mass is 421 g/mol. The van der Waals surface area contributed by atoms with Crippen molar-refractivity contribution in [3.8, 4) is 0 Å². The molecule has 3 rings (SSSR count). The third kappa shape index (κ3) is 6.58. The van der Waals surface area contributed by atoms with Crippen LogP contribution in [0.2, 0.25) is 0 Å². The van der Waals surface area contributed by atoms with Crippen LogP contribution in [0.1, 0.15) is 36.0 Å². The normalized spacial score (nSPS) is 20.1. The molecule has 0 bridgehead atoms. The van der Waals surface area contributed by atoms with E-state index in [-0.39, 0.29) is 35.7 Å². The Bertz CT molecular complexity index is 762. The number of allylic oxidation sites excluding steroid dienone is 1. The zero-order valence-electron chi connectivity index (χ0n) is 16.3. The van der Waals surface area contributed by atoms with Gasteiger partial charge in [0.1, 0.15) is 0 Å². The van der Waals surface area contributed by atoms with Crippen molar-refractivity contribution < 1.29 is 19.5 Å². The summed E-state index contributed by atoms with van der Waals surface area (Å²) in [5, 5.41) is 15.2. The van der Waals surface area contributed by atoms with E-state index in [1.165, 1.54) is 12.1 Å². The molecule has 2 aliphatic heterocycles. The van der Waals surface area contributed by atoms with Crippen molar-refractivity contribution >= 4 is 35.9 Å². The van der Waals surface area contributed by atoms with E-state index in [2.05, 4.69) is 10.6 Å². The fourth-order valence-corrected chi connectivity index (χ4v) is 3.73. The number of likely N-dealkylation sites (tertiary alicyclic amines) is 1. The van der Waals surface area contributed by atoms with E-state index in [9.17, 15) is 14.4 Å². The van der Waals surface area contributed by atoms with E-state index in [0.717, 1.165) is 32.4 Å². The number of amides is 2. The minimum Gasteiger partial charge on any atom is -0.478 e. The van der Waals surface area contributed by atoms with Crippen LogP contribution in [0.4, 0.5) is 5.69 Å². The molecule has 0 unspecified atom stereocenters. The SMILES string of the molecule is Cl.O=C(O)c1cccc(NC(=O)[C@@H]2CCCN(C(=O)C=CC3CCNCC3)C2)c1. The molecular weight excluding hydrogens is 394 g/mol. The van der Waals surface area contributed by atoms with Crippen LogP contribution in [0, 0.1) is 11.8 Å². The quantitative estimate of drug-likeness (QED) is 0.634. The highest BCUT2D eigenvalue weighted by molar-refractivity contribution is 5.95. The lowest BCUT2D eigenvalue weighted by Gasteiger charge is -2.31. The molecule has 2 aliphatic rings. The molecule has 1 aromatic rings. The first-order chi connectivity index (χ1) is 13.5. The van der Waals surface area contributed by atoms with Gasteiger partial charge < -0.3 is 20.6 Å². The highest BCUT2D eigenvalue weighted by Gasteiger charge is 2.28. The van der Waals surface area contributed by atoms with Gasteiger partial charge in [0.15, 0.2) is 0 Å². The van der Waals surface area contributed by atoms with Crippen molar-refractivity contribution in [2.75, 3.05) is 31.5 Å². The van der Waals surface area contributed by atoms with Crippen LogP contribution < -0.4 is 10.6 Å². The standard InChI is InChI=1S/C21H27N3O4.ClH/c25-19(7-6-15-8-10-22-11-9-15)24-12-2-4-17(14-24)20(26)23-18-5-1-3-16(13-18)21(27)28;/h1,3,5-7,13,15,17,22H,2,4,8-12,14H2,(H,23,26)(H,27,28);1H/t17-;/m1./s1. The average molecular weight is 422 g/mol. The Hall–Kier alpha value is -2.38. The van der Waals surface area contributed by atoms with Gasteiger partial charge in [-0.05, 0) is 69.0 Å². The number of carboxylic acid groups (broad SMARTS) is 1. The first-order valence-electron chi connectivity index (χ1n) is 9.85. The number of hydrogen-bond donors (Lipinski definition) is 3. The molecule has 2 saturated heterocycles. The molecule has 2 fully saturated rings. The summed E-state index contributed by atoms with van der Waals surface area (Å²) in [7, 11) is 0. The van der Waals surface area contributed by atoms with Gasteiger partial charge in [0.25, 0.3) is 0 Å². The number of hydrogen-bond acceptors (Lipinski definition) is 4. The number of aromatic carboxylic acids is 1. The summed E-state index contributed by atoms with van der Waals surface area (Å²) in [4.78, 5) is 37.9. The molecular formula is C21H28ClN3O4. The van der Waals surface area contributed by atoms with Gasteiger partial charge >= 0.3 is 5.97 Å². The van der Waals surface area contributed by atoms with Gasteiger partial charge in [0.2, 0.25) is 11.8 Å². The summed E-state index contributed by atoms with van der Waals surface area (Å²) in [6, 6.07) is 6.18. The fourth-order valence-electron chi connectivity index (χ4n) is 3.73. The van der Waals surface area contributed by atoms with Crippen LogP contribution in [0.15, 0.2) is 36.4 Å². The Kier molecular flexibility index (Phi) is 8.67. The molecule has 1 aromatic carbocycles. The molecule has 0 spiro atoms. The van der Waals surface area contributed by atoms with Crippen LogP contribution >= 0.6 is 12.4 Å². The number of benzene rings is 1. The zero-order chi connectivity index (χ0) is 19.9. The van der Waals surface area contributed by atoms with E-state index in [1.807, 2.05) is 6.08 Å². The van der Waals surface area contributed by atoms with Crippen LogP contribution in [0.5, 0.6) is 0 Å². The predicted molar refractivity (Wildman–Crippen MR) is 113 cm³/mol. The molecule has 158 valence electrons. The molecule has 0 saturated carbocycles. The number of rotatable bonds is 5. The first kappa shape index (κ1) is 22.9. The molecule has 3 N–H and O–H groups in total. The van der Waals surface area contributed by atoms with Crippen LogP contribution in [0.25, 0.3) is 0 Å². The number of nitrogens with one attached hydrogen (secondary N) is 2. The summed E-state index contributed by atoms with van der Waals surface area (Å²) < 4.78 is 0. The maximum Gasteiger partial charge on any atom is 0.335 e. The number of halogens is 1. The second-order valence-electron chi connectivity index (χ2n) is 7.45. The Labute approximate surface area is 176 Å². The molecule has 2 amide bonds. The van der Waals surface area contributed by atoms with E-state index in [0.29, 0.717) is 31.1 Å². The maximum atomic E-state index is 12.6. The van der Waals surface area contributed by atoms with Gasteiger partial charge in [0, 0.05) is 18.8 Å². The minimum atomic E-state index is -1.04. The average Bonchev–Trinajstić information content (AvgIpc) is 2.73. The van der Waals surface area contributed by atoms with E-state index in [1.54, 1.807) is 23.1 Å². The Balaban J connectivity index is 0.00000300. The molecule has 0 aliphatic carbocycles. The number of carbonyl (C=O) groups excluding carboxylic acids is 2. The van der Waals surface area contributed by atoms with Gasteiger partial charge in [-0.25, -0.2) is 4.79 Å². The van der Waals surface area contributed by atoms with Gasteiger partial charge in [-0.2, -0.15) is 0 Å². The largest absolute Gasteiger partial charge is 0.478 e. The van der Waals surface area contributed by atoms with Crippen LogP contribution in [-0.4, -0.2) is 54.0 Å². The van der Waals surface area contributed by atoms with E-state index >= 15 is 0 Å². The Morgan fingerprint density at radius 3 is 2.66 bits per heavy atom. The van der Waals surface area contributed by atoms with Gasteiger partial charge in [-0.3, -0.25) is 9.59 Å². The van der Waals surface area contributed by atoms with Gasteiger partial charge in [-0.15, -0.1) is 12.4 Å². The predicted octanol–water partition coefficient (Wildman–Crippen LogP) is 2.54. The number of nitrogens with zero attached hydrogens (tertiary/aromatic N) is 1. The van der Waals surface area contributed by atoms with Crippen LogP contribution in [0.3, 0.4) is 0 Å². The topological polar surface area (TPSA) is 98.7 Å². The van der Waals surface area contributed by atoms with Crippen molar-refractivity contribution in [1.82, 2.24) is 10.2 Å². The lowest BCUT2D eigenvalue weighted by Crippen LogP contribution is -2.43.